The fraction of sp³-hybridized carbons (Fsp3) is 0.263. The van der Waals surface area contributed by atoms with Crippen molar-refractivity contribution in [2.45, 2.75) is 13.5 Å². The summed E-state index contributed by atoms with van der Waals surface area (Å²) in [4.78, 5) is 27.5. The number of hydrogen-bond acceptors (Lipinski definition) is 9. The second-order valence-corrected chi connectivity index (χ2v) is 6.26. The molecule has 0 aliphatic heterocycles. The summed E-state index contributed by atoms with van der Waals surface area (Å²) in [6, 6.07) is 9.45. The molecule has 0 saturated heterocycles. The van der Waals surface area contributed by atoms with Crippen molar-refractivity contribution >= 4 is 34.9 Å². The summed E-state index contributed by atoms with van der Waals surface area (Å²) in [5.41, 5.74) is 3.22. The first kappa shape index (κ1) is 21.1. The Morgan fingerprint density at radius 3 is 2.61 bits per heavy atom. The maximum atomic E-state index is 11.9. The molecule has 0 saturated carbocycles. The lowest BCUT2D eigenvalue weighted by Crippen LogP contribution is -2.17. The van der Waals surface area contributed by atoms with Gasteiger partial charge in [0.1, 0.15) is 20.8 Å². The fourth-order valence-corrected chi connectivity index (χ4v) is 3.19. The Balaban J connectivity index is 2.16. The third kappa shape index (κ3) is 5.40. The molecule has 148 valence electrons. The number of methoxy groups -OCH3 is 1. The average Bonchev–Trinajstić information content (AvgIpc) is 3.18. The van der Waals surface area contributed by atoms with Crippen LogP contribution in [0.3, 0.4) is 0 Å². The third-order valence-electron chi connectivity index (χ3n) is 3.59. The van der Waals surface area contributed by atoms with Crippen molar-refractivity contribution < 1.29 is 24.0 Å². The number of esters is 1. The van der Waals surface area contributed by atoms with Crippen LogP contribution >= 0.6 is 11.3 Å². The molecule has 2 rings (SSSR count). The van der Waals surface area contributed by atoms with E-state index in [0.29, 0.717) is 10.6 Å². The van der Waals surface area contributed by atoms with Gasteiger partial charge < -0.3 is 19.2 Å². The monoisotopic (exact) mass is 403 g/mol. The van der Waals surface area contributed by atoms with E-state index in [1.807, 2.05) is 42.6 Å². The average molecular weight is 403 g/mol. The molecule has 0 aliphatic rings. The lowest BCUT2D eigenvalue weighted by Gasteiger charge is -2.07. The standard InChI is InChI=1S/C19H21N3O5S/c1-13(16-8-6-5-7-14(16)11-20-25-3)21-27-12-15-9-10-28-18(15)17(22-26-4)19(23)24-2/h5-11H,12H2,1-4H3/b20-11+,21-13+,22-17+. The van der Waals surface area contributed by atoms with Crippen molar-refractivity contribution in [2.24, 2.45) is 15.5 Å². The summed E-state index contributed by atoms with van der Waals surface area (Å²) in [7, 11) is 4.14. The molecule has 0 spiro atoms. The summed E-state index contributed by atoms with van der Waals surface area (Å²) < 4.78 is 4.76. The normalized spacial score (nSPS) is 12.1. The predicted octanol–water partition coefficient (Wildman–Crippen LogP) is 3.19. The molecular formula is C19H21N3O5S. The van der Waals surface area contributed by atoms with Gasteiger partial charge in [-0.15, -0.1) is 11.3 Å². The van der Waals surface area contributed by atoms with Crippen molar-refractivity contribution in [1.82, 2.24) is 0 Å². The Kier molecular flexibility index (Phi) is 8.16. The van der Waals surface area contributed by atoms with Crippen LogP contribution in [0.2, 0.25) is 0 Å². The molecular weight excluding hydrogens is 382 g/mol. The van der Waals surface area contributed by atoms with E-state index in [1.165, 1.54) is 32.7 Å². The first-order valence-electron chi connectivity index (χ1n) is 8.21. The summed E-state index contributed by atoms with van der Waals surface area (Å²) >= 11 is 1.34. The molecule has 1 aromatic heterocycles. The first-order valence-corrected chi connectivity index (χ1v) is 9.09. The second kappa shape index (κ2) is 10.8. The van der Waals surface area contributed by atoms with Crippen molar-refractivity contribution in [3.05, 3.63) is 57.3 Å². The Bertz CT molecular complexity index is 889. The van der Waals surface area contributed by atoms with E-state index in [1.54, 1.807) is 6.21 Å². The minimum atomic E-state index is -0.586. The zero-order chi connectivity index (χ0) is 20.4. The fourth-order valence-electron chi connectivity index (χ4n) is 2.31. The maximum absolute atomic E-state index is 11.9. The molecule has 0 unspecified atom stereocenters. The van der Waals surface area contributed by atoms with Gasteiger partial charge in [0.15, 0.2) is 0 Å². The van der Waals surface area contributed by atoms with Crippen molar-refractivity contribution in [3.8, 4) is 0 Å². The quantitative estimate of drug-likeness (QED) is 0.364. The minimum Gasteiger partial charge on any atom is -0.464 e. The SMILES string of the molecule is CO/N=C(/C(=O)OC)c1sccc1CO/N=C(\C)c1ccccc1/C=N/OC. The van der Waals surface area contributed by atoms with Gasteiger partial charge >= 0.3 is 5.97 Å². The van der Waals surface area contributed by atoms with Crippen molar-refractivity contribution in [3.63, 3.8) is 0 Å². The van der Waals surface area contributed by atoms with E-state index in [2.05, 4.69) is 15.5 Å². The van der Waals surface area contributed by atoms with Crippen LogP contribution in [0.5, 0.6) is 0 Å². The molecule has 8 nitrogen and oxygen atoms in total. The van der Waals surface area contributed by atoms with Crippen LogP contribution in [0.25, 0.3) is 0 Å². The summed E-state index contributed by atoms with van der Waals surface area (Å²) in [5, 5.41) is 13.6. The molecule has 0 atom stereocenters. The minimum absolute atomic E-state index is 0.0837. The van der Waals surface area contributed by atoms with E-state index < -0.39 is 5.97 Å². The van der Waals surface area contributed by atoms with Crippen LogP contribution in [0.1, 0.15) is 28.5 Å². The number of carbonyl (C=O) groups is 1. The van der Waals surface area contributed by atoms with Crippen LogP contribution < -0.4 is 0 Å². The highest BCUT2D eigenvalue weighted by molar-refractivity contribution is 7.13. The van der Waals surface area contributed by atoms with Crippen molar-refractivity contribution in [2.75, 3.05) is 21.3 Å². The largest absolute Gasteiger partial charge is 0.464 e. The number of rotatable bonds is 9. The number of hydrogen-bond donors (Lipinski definition) is 0. The molecule has 28 heavy (non-hydrogen) atoms. The van der Waals surface area contributed by atoms with E-state index in [4.69, 9.17) is 19.2 Å². The molecule has 0 fully saturated rings. The van der Waals surface area contributed by atoms with Gasteiger partial charge in [-0.25, -0.2) is 4.79 Å². The topological polar surface area (TPSA) is 91.1 Å². The summed E-state index contributed by atoms with van der Waals surface area (Å²) in [5.74, 6) is -0.586. The van der Waals surface area contributed by atoms with Gasteiger partial charge in [-0.3, -0.25) is 0 Å². The molecule has 1 heterocycles. The molecule has 0 aliphatic carbocycles. The van der Waals surface area contributed by atoms with Crippen LogP contribution in [0.4, 0.5) is 0 Å². The van der Waals surface area contributed by atoms with Crippen LogP contribution in [-0.2, 0) is 30.7 Å². The van der Waals surface area contributed by atoms with Gasteiger partial charge in [0, 0.05) is 16.7 Å². The highest BCUT2D eigenvalue weighted by Gasteiger charge is 2.21. The maximum Gasteiger partial charge on any atom is 0.361 e. The zero-order valence-corrected chi connectivity index (χ0v) is 16.9. The zero-order valence-electron chi connectivity index (χ0n) is 16.0. The Hall–Kier alpha value is -3.20. The molecule has 2 aromatic rings. The number of benzene rings is 1. The molecule has 9 heteroatoms. The number of nitrogens with zero attached hydrogens (tertiary/aromatic N) is 3. The lowest BCUT2D eigenvalue weighted by atomic mass is 10.1. The Labute approximate surface area is 167 Å². The number of ether oxygens (including phenoxy) is 1. The van der Waals surface area contributed by atoms with Gasteiger partial charge in [-0.05, 0) is 18.4 Å². The van der Waals surface area contributed by atoms with Crippen LogP contribution in [0.15, 0.2) is 51.2 Å². The van der Waals surface area contributed by atoms with Crippen molar-refractivity contribution in [1.29, 1.82) is 0 Å². The third-order valence-corrected chi connectivity index (χ3v) is 4.56. The van der Waals surface area contributed by atoms with Gasteiger partial charge in [-0.1, -0.05) is 39.7 Å². The van der Waals surface area contributed by atoms with E-state index in [0.717, 1.165) is 16.7 Å². The van der Waals surface area contributed by atoms with Crippen LogP contribution in [0, 0.1) is 0 Å². The summed E-state index contributed by atoms with van der Waals surface area (Å²) in [6.07, 6.45) is 1.61. The van der Waals surface area contributed by atoms with Crippen LogP contribution in [-0.4, -0.2) is 44.9 Å². The van der Waals surface area contributed by atoms with E-state index in [-0.39, 0.29) is 12.3 Å². The highest BCUT2D eigenvalue weighted by Crippen LogP contribution is 2.20. The van der Waals surface area contributed by atoms with Gasteiger partial charge in [0.05, 0.1) is 23.9 Å². The molecule has 0 radical (unpaired) electrons. The molecule has 0 N–H and O–H groups in total. The second-order valence-electron chi connectivity index (χ2n) is 5.34. The molecule has 0 amide bonds. The number of oxime groups is 3. The smallest absolute Gasteiger partial charge is 0.361 e. The molecule has 1 aromatic carbocycles. The highest BCUT2D eigenvalue weighted by atomic mass is 32.1. The number of carbonyl (C=O) groups excluding carboxylic acids is 1. The van der Waals surface area contributed by atoms with E-state index in [9.17, 15) is 4.79 Å². The Morgan fingerprint density at radius 1 is 1.11 bits per heavy atom. The Morgan fingerprint density at radius 2 is 1.89 bits per heavy atom. The first-order chi connectivity index (χ1) is 13.6. The predicted molar refractivity (Wildman–Crippen MR) is 108 cm³/mol. The lowest BCUT2D eigenvalue weighted by molar-refractivity contribution is -0.132. The van der Waals surface area contributed by atoms with Gasteiger partial charge in [0.2, 0.25) is 5.71 Å². The van der Waals surface area contributed by atoms with E-state index >= 15 is 0 Å². The summed E-state index contributed by atoms with van der Waals surface area (Å²) in [6.45, 7) is 1.99. The van der Waals surface area contributed by atoms with Gasteiger partial charge in [-0.2, -0.15) is 0 Å². The van der Waals surface area contributed by atoms with Gasteiger partial charge in [0.25, 0.3) is 0 Å². The molecule has 0 bridgehead atoms. The number of thiophene rings is 1.